The van der Waals surface area contributed by atoms with E-state index in [1.54, 1.807) is 25.1 Å². The molecule has 1 saturated heterocycles. The molecule has 2 amide bonds. The fraction of sp³-hybridized carbons (Fsp3) is 0.385. The van der Waals surface area contributed by atoms with Gasteiger partial charge in [0.2, 0.25) is 11.8 Å². The molecule has 1 N–H and O–H groups in total. The van der Waals surface area contributed by atoms with Crippen LogP contribution in [0.2, 0.25) is 5.02 Å². The van der Waals surface area contributed by atoms with Crippen LogP contribution in [0, 0.1) is 6.92 Å². The number of amides is 2. The Morgan fingerprint density at radius 2 is 2.05 bits per heavy atom. The van der Waals surface area contributed by atoms with Crippen molar-refractivity contribution in [1.29, 1.82) is 0 Å². The van der Waals surface area contributed by atoms with Crippen LogP contribution in [0.15, 0.2) is 18.2 Å². The number of halogens is 1. The highest BCUT2D eigenvalue weighted by molar-refractivity contribution is 7.91. The number of hydrogen-bond acceptors (Lipinski definition) is 4. The third kappa shape index (κ3) is 3.54. The summed E-state index contributed by atoms with van der Waals surface area (Å²) in [6, 6.07) is 3.95. The van der Waals surface area contributed by atoms with Gasteiger partial charge in [0, 0.05) is 17.6 Å². The molecular weight excluding hydrogens is 316 g/mol. The molecule has 1 aromatic rings. The van der Waals surface area contributed by atoms with Crippen molar-refractivity contribution in [3.05, 3.63) is 28.8 Å². The van der Waals surface area contributed by atoms with Crippen LogP contribution in [0.5, 0.6) is 0 Å². The van der Waals surface area contributed by atoms with Crippen LogP contribution in [0.25, 0.3) is 0 Å². The first-order valence-electron chi connectivity index (χ1n) is 6.24. The van der Waals surface area contributed by atoms with E-state index in [1.807, 2.05) is 0 Å². The van der Waals surface area contributed by atoms with Gasteiger partial charge in [-0.15, -0.1) is 0 Å². The number of benzene rings is 1. The average Bonchev–Trinajstić information content (AvgIpc) is 2.69. The van der Waals surface area contributed by atoms with Crippen LogP contribution in [0.1, 0.15) is 12.5 Å². The molecule has 0 radical (unpaired) electrons. The largest absolute Gasteiger partial charge is 0.324 e. The minimum atomic E-state index is -3.42. The maximum absolute atomic E-state index is 12.3. The second-order valence-corrected chi connectivity index (χ2v) is 7.51. The number of hydrogen-bond donors (Lipinski definition) is 1. The topological polar surface area (TPSA) is 83.6 Å². The summed E-state index contributed by atoms with van der Waals surface area (Å²) in [4.78, 5) is 24.8. The van der Waals surface area contributed by atoms with Crippen molar-refractivity contribution < 1.29 is 18.0 Å². The second kappa shape index (κ2) is 5.65. The molecule has 1 aliphatic heterocycles. The van der Waals surface area contributed by atoms with Crippen molar-refractivity contribution in [3.8, 4) is 0 Å². The molecule has 2 rings (SSSR count). The van der Waals surface area contributed by atoms with Gasteiger partial charge in [0.15, 0.2) is 9.84 Å². The van der Waals surface area contributed by atoms with Crippen molar-refractivity contribution in [2.24, 2.45) is 0 Å². The number of sulfone groups is 1. The Morgan fingerprint density at radius 3 is 2.62 bits per heavy atom. The van der Waals surface area contributed by atoms with Gasteiger partial charge in [-0.25, -0.2) is 8.42 Å². The maximum Gasteiger partial charge on any atom is 0.248 e. The number of anilines is 1. The summed E-state index contributed by atoms with van der Waals surface area (Å²) in [5.41, 5.74) is 1.29. The van der Waals surface area contributed by atoms with Crippen molar-refractivity contribution >= 4 is 38.9 Å². The number of nitrogens with one attached hydrogen (secondary N) is 1. The van der Waals surface area contributed by atoms with Crippen molar-refractivity contribution in [2.45, 2.75) is 19.9 Å². The Bertz CT molecular complexity index is 702. The zero-order valence-corrected chi connectivity index (χ0v) is 13.2. The lowest BCUT2D eigenvalue weighted by molar-refractivity contribution is -0.134. The van der Waals surface area contributed by atoms with Crippen molar-refractivity contribution in [1.82, 2.24) is 4.90 Å². The quantitative estimate of drug-likeness (QED) is 0.883. The van der Waals surface area contributed by atoms with Gasteiger partial charge in [-0.3, -0.25) is 9.59 Å². The zero-order chi connectivity index (χ0) is 15.8. The number of rotatable bonds is 2. The van der Waals surface area contributed by atoms with Gasteiger partial charge in [0.25, 0.3) is 0 Å². The van der Waals surface area contributed by atoms with Gasteiger partial charge >= 0.3 is 0 Å². The molecule has 0 aliphatic carbocycles. The van der Waals surface area contributed by atoms with E-state index in [1.165, 1.54) is 6.92 Å². The Balaban J connectivity index is 2.21. The smallest absolute Gasteiger partial charge is 0.248 e. The van der Waals surface area contributed by atoms with E-state index in [-0.39, 0.29) is 5.75 Å². The van der Waals surface area contributed by atoms with E-state index in [2.05, 4.69) is 5.32 Å². The Labute approximate surface area is 128 Å². The van der Waals surface area contributed by atoms with Crippen LogP contribution in [0.3, 0.4) is 0 Å². The molecule has 1 atom stereocenters. The molecular formula is C13H15ClN2O4S. The molecule has 0 aromatic heterocycles. The predicted molar refractivity (Wildman–Crippen MR) is 79.8 cm³/mol. The van der Waals surface area contributed by atoms with Gasteiger partial charge in [-0.2, -0.15) is 0 Å². The predicted octanol–water partition coefficient (Wildman–Crippen LogP) is 1.19. The third-order valence-electron chi connectivity index (χ3n) is 3.28. The van der Waals surface area contributed by atoms with Crippen molar-refractivity contribution in [2.75, 3.05) is 16.9 Å². The van der Waals surface area contributed by atoms with Crippen LogP contribution in [0.4, 0.5) is 5.69 Å². The van der Waals surface area contributed by atoms with Gasteiger partial charge in [-0.1, -0.05) is 11.6 Å². The molecule has 1 heterocycles. The highest BCUT2D eigenvalue weighted by atomic mass is 35.5. The Hall–Kier alpha value is -1.60. The molecule has 8 heteroatoms. The zero-order valence-electron chi connectivity index (χ0n) is 11.6. The van der Waals surface area contributed by atoms with E-state index >= 15 is 0 Å². The minimum absolute atomic E-state index is 0.356. The fourth-order valence-corrected chi connectivity index (χ4v) is 4.13. The summed E-state index contributed by atoms with van der Waals surface area (Å²) in [5, 5.41) is 3.19. The first-order chi connectivity index (χ1) is 9.69. The van der Waals surface area contributed by atoms with Gasteiger partial charge in [0.1, 0.15) is 11.9 Å². The standard InChI is InChI=1S/C13H15ClN2O4S/c1-8-5-10(14)3-4-11(8)15-13(18)12-6-21(19,20)7-16(12)9(2)17/h3-5,12H,6-7H2,1-2H3,(H,15,18). The lowest BCUT2D eigenvalue weighted by atomic mass is 10.2. The van der Waals surface area contributed by atoms with Gasteiger partial charge < -0.3 is 10.2 Å². The van der Waals surface area contributed by atoms with E-state index in [9.17, 15) is 18.0 Å². The summed E-state index contributed by atoms with van der Waals surface area (Å²) in [5.74, 6) is -1.73. The molecule has 1 fully saturated rings. The van der Waals surface area contributed by atoms with E-state index in [0.717, 1.165) is 10.5 Å². The SMILES string of the molecule is CC(=O)N1CS(=O)(=O)CC1C(=O)Nc1ccc(Cl)cc1C. The minimum Gasteiger partial charge on any atom is -0.324 e. The molecule has 1 aliphatic rings. The van der Waals surface area contributed by atoms with Crippen LogP contribution >= 0.6 is 11.6 Å². The normalized spacial score (nSPS) is 20.3. The highest BCUT2D eigenvalue weighted by Crippen LogP contribution is 2.22. The molecule has 0 spiro atoms. The molecule has 1 aromatic carbocycles. The molecule has 114 valence electrons. The first-order valence-corrected chi connectivity index (χ1v) is 8.44. The summed E-state index contributed by atoms with van der Waals surface area (Å²) in [6.45, 7) is 3.02. The lowest BCUT2D eigenvalue weighted by Crippen LogP contribution is -2.43. The number of aryl methyl sites for hydroxylation is 1. The maximum atomic E-state index is 12.3. The van der Waals surface area contributed by atoms with E-state index in [0.29, 0.717) is 10.7 Å². The molecule has 0 bridgehead atoms. The van der Waals surface area contributed by atoms with Crippen molar-refractivity contribution in [3.63, 3.8) is 0 Å². The van der Waals surface area contributed by atoms with Crippen LogP contribution in [-0.4, -0.2) is 42.8 Å². The Morgan fingerprint density at radius 1 is 1.38 bits per heavy atom. The van der Waals surface area contributed by atoms with Gasteiger partial charge in [-0.05, 0) is 30.7 Å². The van der Waals surface area contributed by atoms with E-state index < -0.39 is 33.6 Å². The monoisotopic (exact) mass is 330 g/mol. The average molecular weight is 331 g/mol. The summed E-state index contributed by atoms with van der Waals surface area (Å²) < 4.78 is 23.3. The summed E-state index contributed by atoms with van der Waals surface area (Å²) >= 11 is 5.84. The molecule has 6 nitrogen and oxygen atoms in total. The molecule has 0 saturated carbocycles. The molecule has 1 unspecified atom stereocenters. The van der Waals surface area contributed by atoms with Crippen LogP contribution < -0.4 is 5.32 Å². The number of carbonyl (C=O) groups excluding carboxylic acids is 2. The summed E-state index contributed by atoms with van der Waals surface area (Å²) in [6.07, 6.45) is 0. The lowest BCUT2D eigenvalue weighted by Gasteiger charge is -2.21. The fourth-order valence-electron chi connectivity index (χ4n) is 2.20. The third-order valence-corrected chi connectivity index (χ3v) is 5.01. The highest BCUT2D eigenvalue weighted by Gasteiger charge is 2.41. The van der Waals surface area contributed by atoms with E-state index in [4.69, 9.17) is 11.6 Å². The number of nitrogens with zero attached hydrogens (tertiary/aromatic N) is 1. The molecule has 21 heavy (non-hydrogen) atoms. The second-order valence-electron chi connectivity index (χ2n) is 4.99. The number of carbonyl (C=O) groups is 2. The van der Waals surface area contributed by atoms with Crippen LogP contribution in [-0.2, 0) is 19.4 Å². The van der Waals surface area contributed by atoms with Gasteiger partial charge in [0.05, 0.1) is 5.75 Å². The Kier molecular flexibility index (Phi) is 4.25. The summed E-state index contributed by atoms with van der Waals surface area (Å²) in [7, 11) is -3.42. The first kappa shape index (κ1) is 15.8.